The van der Waals surface area contributed by atoms with Gasteiger partial charge < -0.3 is 15.7 Å². The molecule has 2 amide bonds. The first-order valence-electron chi connectivity index (χ1n) is 5.64. The van der Waals surface area contributed by atoms with Gasteiger partial charge in [-0.3, -0.25) is 5.10 Å². The monoisotopic (exact) mass is 240 g/mol. The van der Waals surface area contributed by atoms with Crippen molar-refractivity contribution < 1.29 is 9.90 Å². The highest BCUT2D eigenvalue weighted by Crippen LogP contribution is 2.17. The first kappa shape index (κ1) is 13.5. The first-order valence-corrected chi connectivity index (χ1v) is 5.64. The van der Waals surface area contributed by atoms with Crippen LogP contribution in [0.1, 0.15) is 26.0 Å². The first-order chi connectivity index (χ1) is 8.03. The van der Waals surface area contributed by atoms with E-state index in [0.717, 1.165) is 5.69 Å². The molecule has 6 nitrogen and oxygen atoms in total. The predicted octanol–water partition coefficient (Wildman–Crippen LogP) is 0.617. The Morgan fingerprint density at radius 1 is 1.53 bits per heavy atom. The molecule has 17 heavy (non-hydrogen) atoms. The Labute approximate surface area is 101 Å². The van der Waals surface area contributed by atoms with Crippen molar-refractivity contribution >= 4 is 6.03 Å². The molecular formula is C11H20N4O2. The van der Waals surface area contributed by atoms with Crippen LogP contribution in [0, 0.1) is 5.41 Å². The third-order valence-corrected chi connectivity index (χ3v) is 2.51. The largest absolute Gasteiger partial charge is 0.396 e. The molecular weight excluding hydrogens is 220 g/mol. The van der Waals surface area contributed by atoms with Crippen LogP contribution in [0.4, 0.5) is 4.79 Å². The zero-order valence-electron chi connectivity index (χ0n) is 10.3. The molecule has 0 spiro atoms. The number of nitrogens with zero attached hydrogens (tertiary/aromatic N) is 1. The van der Waals surface area contributed by atoms with E-state index in [9.17, 15) is 4.79 Å². The summed E-state index contributed by atoms with van der Waals surface area (Å²) in [5.41, 5.74) is 0.759. The van der Waals surface area contributed by atoms with E-state index in [4.69, 9.17) is 5.11 Å². The third-order valence-electron chi connectivity index (χ3n) is 2.51. The highest BCUT2D eigenvalue weighted by molar-refractivity contribution is 5.73. The molecule has 0 saturated carbocycles. The summed E-state index contributed by atoms with van der Waals surface area (Å²) in [6.07, 6.45) is 2.30. The van der Waals surface area contributed by atoms with Crippen molar-refractivity contribution in [1.82, 2.24) is 20.8 Å². The van der Waals surface area contributed by atoms with Gasteiger partial charge in [0, 0.05) is 19.3 Å². The summed E-state index contributed by atoms with van der Waals surface area (Å²) in [6, 6.07) is 1.58. The molecule has 0 saturated heterocycles. The molecule has 1 aromatic rings. The Morgan fingerprint density at radius 3 is 2.88 bits per heavy atom. The lowest BCUT2D eigenvalue weighted by molar-refractivity contribution is 0.201. The van der Waals surface area contributed by atoms with Crippen molar-refractivity contribution in [3.63, 3.8) is 0 Å². The lowest BCUT2D eigenvalue weighted by Crippen LogP contribution is -2.40. The zero-order valence-corrected chi connectivity index (χ0v) is 10.3. The molecule has 1 rings (SSSR count). The summed E-state index contributed by atoms with van der Waals surface area (Å²) in [6.45, 7) is 5.08. The van der Waals surface area contributed by atoms with Gasteiger partial charge in [-0.1, -0.05) is 13.8 Å². The van der Waals surface area contributed by atoms with Gasteiger partial charge in [0.15, 0.2) is 0 Å². The number of hydrogen-bond acceptors (Lipinski definition) is 3. The fraction of sp³-hybridized carbons (Fsp3) is 0.636. The minimum absolute atomic E-state index is 0.0971. The van der Waals surface area contributed by atoms with Gasteiger partial charge in [-0.15, -0.1) is 0 Å². The van der Waals surface area contributed by atoms with Crippen LogP contribution < -0.4 is 10.6 Å². The molecule has 4 N–H and O–H groups in total. The smallest absolute Gasteiger partial charge is 0.315 e. The second-order valence-corrected chi connectivity index (χ2v) is 4.76. The fourth-order valence-corrected chi connectivity index (χ4v) is 1.33. The molecule has 0 unspecified atom stereocenters. The number of aliphatic hydroxyl groups is 1. The van der Waals surface area contributed by atoms with Crippen LogP contribution in [0.5, 0.6) is 0 Å². The van der Waals surface area contributed by atoms with E-state index < -0.39 is 0 Å². The standard InChI is InChI=1S/C11H20N4O2/c1-11(2,4-6-16)8-13-10(17)12-7-9-3-5-14-15-9/h3,5,16H,4,6-8H2,1-2H3,(H,14,15)(H2,12,13,17). The Kier molecular flexibility index (Phi) is 4.96. The van der Waals surface area contributed by atoms with E-state index in [1.165, 1.54) is 0 Å². The Bertz CT molecular complexity index is 335. The van der Waals surface area contributed by atoms with Gasteiger partial charge in [0.05, 0.1) is 12.2 Å². The number of H-pyrrole nitrogens is 1. The van der Waals surface area contributed by atoms with Crippen LogP contribution >= 0.6 is 0 Å². The second kappa shape index (κ2) is 6.24. The number of aromatic amines is 1. The molecule has 0 atom stereocenters. The molecule has 0 aliphatic carbocycles. The van der Waals surface area contributed by atoms with E-state index in [2.05, 4.69) is 20.8 Å². The lowest BCUT2D eigenvalue weighted by atomic mass is 9.90. The van der Waals surface area contributed by atoms with Crippen LogP contribution in [-0.2, 0) is 6.54 Å². The summed E-state index contributed by atoms with van der Waals surface area (Å²) in [4.78, 5) is 11.5. The Hall–Kier alpha value is -1.56. The van der Waals surface area contributed by atoms with Crippen LogP contribution in [0.3, 0.4) is 0 Å². The van der Waals surface area contributed by atoms with Gasteiger partial charge in [-0.05, 0) is 17.9 Å². The Balaban J connectivity index is 2.21. The summed E-state index contributed by atoms with van der Waals surface area (Å²) < 4.78 is 0. The number of hydrogen-bond donors (Lipinski definition) is 4. The van der Waals surface area contributed by atoms with Crippen molar-refractivity contribution in [2.24, 2.45) is 5.41 Å². The van der Waals surface area contributed by atoms with Crippen molar-refractivity contribution in [3.8, 4) is 0 Å². The van der Waals surface area contributed by atoms with Crippen LogP contribution in [0.2, 0.25) is 0 Å². The zero-order chi connectivity index (χ0) is 12.7. The van der Waals surface area contributed by atoms with Gasteiger partial charge in [0.1, 0.15) is 0 Å². The third kappa shape index (κ3) is 5.35. The second-order valence-electron chi connectivity index (χ2n) is 4.76. The van der Waals surface area contributed by atoms with Crippen molar-refractivity contribution in [3.05, 3.63) is 18.0 Å². The SMILES string of the molecule is CC(C)(CCO)CNC(=O)NCc1ccn[nH]1. The number of carbonyl (C=O) groups is 1. The summed E-state index contributed by atoms with van der Waals surface area (Å²) in [5.74, 6) is 0. The van der Waals surface area contributed by atoms with E-state index in [1.54, 1.807) is 12.3 Å². The summed E-state index contributed by atoms with van der Waals surface area (Å²) >= 11 is 0. The molecule has 0 aliphatic rings. The molecule has 0 aliphatic heterocycles. The van der Waals surface area contributed by atoms with Crippen molar-refractivity contribution in [2.75, 3.05) is 13.2 Å². The average Bonchev–Trinajstić information content (AvgIpc) is 2.76. The maximum Gasteiger partial charge on any atom is 0.315 e. The Morgan fingerprint density at radius 2 is 2.29 bits per heavy atom. The maximum atomic E-state index is 11.5. The number of aromatic nitrogens is 2. The van der Waals surface area contributed by atoms with E-state index in [1.807, 2.05) is 13.8 Å². The minimum Gasteiger partial charge on any atom is -0.396 e. The molecule has 1 heterocycles. The van der Waals surface area contributed by atoms with Gasteiger partial charge in [0.25, 0.3) is 0 Å². The number of nitrogens with one attached hydrogen (secondary N) is 3. The average molecular weight is 240 g/mol. The topological polar surface area (TPSA) is 90.0 Å². The number of carbonyl (C=O) groups excluding carboxylic acids is 1. The lowest BCUT2D eigenvalue weighted by Gasteiger charge is -2.23. The predicted molar refractivity (Wildman–Crippen MR) is 64.3 cm³/mol. The molecule has 0 fully saturated rings. The maximum absolute atomic E-state index is 11.5. The quantitative estimate of drug-likeness (QED) is 0.587. The van der Waals surface area contributed by atoms with Crippen LogP contribution in [0.25, 0.3) is 0 Å². The molecule has 6 heteroatoms. The van der Waals surface area contributed by atoms with E-state index >= 15 is 0 Å². The minimum atomic E-state index is -0.217. The molecule has 96 valence electrons. The number of aliphatic hydroxyl groups excluding tert-OH is 1. The highest BCUT2D eigenvalue weighted by Gasteiger charge is 2.17. The number of urea groups is 1. The highest BCUT2D eigenvalue weighted by atomic mass is 16.3. The number of amides is 2. The van der Waals surface area contributed by atoms with E-state index in [-0.39, 0.29) is 18.1 Å². The summed E-state index contributed by atoms with van der Waals surface area (Å²) in [7, 11) is 0. The van der Waals surface area contributed by atoms with Gasteiger partial charge in [-0.25, -0.2) is 4.79 Å². The molecule has 1 aromatic heterocycles. The van der Waals surface area contributed by atoms with E-state index in [0.29, 0.717) is 19.5 Å². The summed E-state index contributed by atoms with van der Waals surface area (Å²) in [5, 5.41) is 20.9. The fourth-order valence-electron chi connectivity index (χ4n) is 1.33. The van der Waals surface area contributed by atoms with Crippen LogP contribution in [-0.4, -0.2) is 34.5 Å². The molecule has 0 bridgehead atoms. The van der Waals surface area contributed by atoms with Gasteiger partial charge in [-0.2, -0.15) is 5.10 Å². The van der Waals surface area contributed by atoms with Crippen molar-refractivity contribution in [1.29, 1.82) is 0 Å². The van der Waals surface area contributed by atoms with Gasteiger partial charge >= 0.3 is 6.03 Å². The molecule has 0 aromatic carbocycles. The van der Waals surface area contributed by atoms with Crippen molar-refractivity contribution in [2.45, 2.75) is 26.8 Å². The van der Waals surface area contributed by atoms with Crippen LogP contribution in [0.15, 0.2) is 12.3 Å². The normalized spacial score (nSPS) is 11.2. The van der Waals surface area contributed by atoms with Gasteiger partial charge in [0.2, 0.25) is 0 Å². The molecule has 0 radical (unpaired) electrons. The number of rotatable bonds is 6.